The van der Waals surface area contributed by atoms with Crippen LogP contribution in [0.3, 0.4) is 0 Å². The van der Waals surface area contributed by atoms with Crippen LogP contribution >= 0.6 is 39.3 Å². The van der Waals surface area contributed by atoms with Crippen LogP contribution in [0.2, 0.25) is 5.28 Å². The van der Waals surface area contributed by atoms with Crippen LogP contribution < -0.4 is 0 Å². The first-order valence-corrected chi connectivity index (χ1v) is 7.54. The molecule has 5 nitrogen and oxygen atoms in total. The standard InChI is InChI=1S/C12H7BrClN5S/c13-8-2-4-9(5-3-8)20-12-17-10(14)16-11(18-12)19-7-1-6-15-19/h1-7H. The molecule has 1 aromatic carbocycles. The molecule has 0 bridgehead atoms. The molecule has 3 rings (SSSR count). The molecule has 0 atom stereocenters. The summed E-state index contributed by atoms with van der Waals surface area (Å²) in [5.41, 5.74) is 0. The van der Waals surface area contributed by atoms with E-state index in [-0.39, 0.29) is 5.28 Å². The molecule has 3 aromatic rings. The van der Waals surface area contributed by atoms with E-state index in [9.17, 15) is 0 Å². The summed E-state index contributed by atoms with van der Waals surface area (Å²) in [6.07, 6.45) is 3.40. The molecule has 100 valence electrons. The van der Waals surface area contributed by atoms with Gasteiger partial charge < -0.3 is 0 Å². The van der Waals surface area contributed by atoms with E-state index in [0.29, 0.717) is 11.1 Å². The van der Waals surface area contributed by atoms with Crippen LogP contribution in [-0.4, -0.2) is 24.7 Å². The van der Waals surface area contributed by atoms with E-state index >= 15 is 0 Å². The van der Waals surface area contributed by atoms with Gasteiger partial charge in [0, 0.05) is 21.8 Å². The SMILES string of the molecule is Clc1nc(Sc2ccc(Br)cc2)nc(-n2cccn2)n1. The zero-order valence-corrected chi connectivity index (χ0v) is 13.1. The fraction of sp³-hybridized carbons (Fsp3) is 0. The fourth-order valence-corrected chi connectivity index (χ4v) is 2.68. The Hall–Kier alpha value is -1.44. The van der Waals surface area contributed by atoms with E-state index in [2.05, 4.69) is 36.0 Å². The van der Waals surface area contributed by atoms with E-state index in [4.69, 9.17) is 11.6 Å². The molecule has 0 radical (unpaired) electrons. The Labute approximate surface area is 132 Å². The molecule has 0 fully saturated rings. The summed E-state index contributed by atoms with van der Waals surface area (Å²) in [7, 11) is 0. The molecule has 2 heterocycles. The Morgan fingerprint density at radius 2 is 1.90 bits per heavy atom. The largest absolute Gasteiger partial charge is 0.255 e. The van der Waals surface area contributed by atoms with Gasteiger partial charge in [0.05, 0.1) is 0 Å². The molecule has 0 amide bonds. The lowest BCUT2D eigenvalue weighted by molar-refractivity contribution is 0.759. The van der Waals surface area contributed by atoms with E-state index in [1.807, 2.05) is 24.3 Å². The Kier molecular flexibility index (Phi) is 4.00. The summed E-state index contributed by atoms with van der Waals surface area (Å²) < 4.78 is 2.56. The van der Waals surface area contributed by atoms with Gasteiger partial charge in [-0.15, -0.1) is 0 Å². The number of hydrogen-bond acceptors (Lipinski definition) is 5. The van der Waals surface area contributed by atoms with Crippen molar-refractivity contribution in [1.82, 2.24) is 24.7 Å². The van der Waals surface area contributed by atoms with E-state index < -0.39 is 0 Å². The first kappa shape index (κ1) is 13.5. The lowest BCUT2D eigenvalue weighted by atomic mass is 10.4. The van der Waals surface area contributed by atoms with Crippen molar-refractivity contribution in [3.05, 3.63) is 52.5 Å². The van der Waals surface area contributed by atoms with E-state index in [1.165, 1.54) is 11.8 Å². The van der Waals surface area contributed by atoms with Gasteiger partial charge in [0.1, 0.15) is 0 Å². The summed E-state index contributed by atoms with van der Waals surface area (Å²) in [6, 6.07) is 9.65. The summed E-state index contributed by atoms with van der Waals surface area (Å²) in [6.45, 7) is 0. The zero-order valence-electron chi connectivity index (χ0n) is 9.94. The second-order valence-electron chi connectivity index (χ2n) is 3.69. The molecule has 8 heteroatoms. The van der Waals surface area contributed by atoms with Crippen LogP contribution in [0.15, 0.2) is 57.3 Å². The Morgan fingerprint density at radius 3 is 2.60 bits per heavy atom. The summed E-state index contributed by atoms with van der Waals surface area (Å²) in [4.78, 5) is 13.5. The van der Waals surface area contributed by atoms with Gasteiger partial charge in [-0.2, -0.15) is 20.1 Å². The Morgan fingerprint density at radius 1 is 1.10 bits per heavy atom. The highest BCUT2D eigenvalue weighted by Crippen LogP contribution is 2.26. The summed E-state index contributed by atoms with van der Waals surface area (Å²) in [5, 5.41) is 4.75. The smallest absolute Gasteiger partial charge is 0.206 e. The van der Waals surface area contributed by atoms with Crippen LogP contribution in [0.4, 0.5) is 0 Å². The van der Waals surface area contributed by atoms with Crippen LogP contribution in [0.5, 0.6) is 0 Å². The van der Waals surface area contributed by atoms with Crippen LogP contribution in [-0.2, 0) is 0 Å². The molecule has 0 saturated carbocycles. The van der Waals surface area contributed by atoms with Gasteiger partial charge in [-0.05, 0) is 53.7 Å². The van der Waals surface area contributed by atoms with Gasteiger partial charge in [0.25, 0.3) is 5.95 Å². The number of hydrogen-bond donors (Lipinski definition) is 0. The molecule has 0 aliphatic rings. The van der Waals surface area contributed by atoms with Crippen LogP contribution in [0.25, 0.3) is 5.95 Å². The van der Waals surface area contributed by atoms with Crippen molar-refractivity contribution in [2.24, 2.45) is 0 Å². The third-order valence-electron chi connectivity index (χ3n) is 2.31. The van der Waals surface area contributed by atoms with Crippen molar-refractivity contribution in [1.29, 1.82) is 0 Å². The predicted molar refractivity (Wildman–Crippen MR) is 80.2 cm³/mol. The highest BCUT2D eigenvalue weighted by Gasteiger charge is 2.08. The van der Waals surface area contributed by atoms with Gasteiger partial charge in [0.15, 0.2) is 5.16 Å². The summed E-state index contributed by atoms with van der Waals surface area (Å²) in [5.74, 6) is 0.398. The molecule has 0 aliphatic heterocycles. The fourth-order valence-electron chi connectivity index (χ4n) is 1.47. The minimum absolute atomic E-state index is 0.144. The monoisotopic (exact) mass is 367 g/mol. The van der Waals surface area contributed by atoms with Gasteiger partial charge in [0.2, 0.25) is 5.28 Å². The van der Waals surface area contributed by atoms with E-state index in [0.717, 1.165) is 9.37 Å². The van der Waals surface area contributed by atoms with Crippen molar-refractivity contribution < 1.29 is 0 Å². The zero-order chi connectivity index (χ0) is 13.9. The van der Waals surface area contributed by atoms with Crippen LogP contribution in [0, 0.1) is 0 Å². The maximum Gasteiger partial charge on any atom is 0.255 e. The minimum atomic E-state index is 0.144. The van der Waals surface area contributed by atoms with Crippen LogP contribution in [0.1, 0.15) is 0 Å². The second kappa shape index (κ2) is 5.90. The first-order chi connectivity index (χ1) is 9.70. The lowest BCUT2D eigenvalue weighted by Gasteiger charge is -2.04. The molecule has 2 aromatic heterocycles. The highest BCUT2D eigenvalue weighted by atomic mass is 79.9. The third kappa shape index (κ3) is 3.17. The molecule has 0 aliphatic carbocycles. The van der Waals surface area contributed by atoms with Crippen molar-refractivity contribution >= 4 is 39.3 Å². The lowest BCUT2D eigenvalue weighted by Crippen LogP contribution is -2.04. The second-order valence-corrected chi connectivity index (χ2v) is 5.99. The molecule has 0 N–H and O–H groups in total. The highest BCUT2D eigenvalue weighted by molar-refractivity contribution is 9.10. The minimum Gasteiger partial charge on any atom is -0.206 e. The normalized spacial score (nSPS) is 10.7. The van der Waals surface area contributed by atoms with Crippen molar-refractivity contribution in [3.8, 4) is 5.95 Å². The Bertz CT molecular complexity index is 717. The van der Waals surface area contributed by atoms with Crippen molar-refractivity contribution in [2.75, 3.05) is 0 Å². The average Bonchev–Trinajstić information content (AvgIpc) is 2.95. The van der Waals surface area contributed by atoms with Gasteiger partial charge in [-0.1, -0.05) is 15.9 Å². The van der Waals surface area contributed by atoms with E-state index in [1.54, 1.807) is 23.1 Å². The molecular formula is C12H7BrClN5S. The number of aromatic nitrogens is 5. The van der Waals surface area contributed by atoms with Crippen molar-refractivity contribution in [3.63, 3.8) is 0 Å². The molecule has 0 spiro atoms. The predicted octanol–water partition coefficient (Wildman–Crippen LogP) is 3.62. The van der Waals surface area contributed by atoms with Gasteiger partial charge in [-0.25, -0.2) is 4.68 Å². The maximum atomic E-state index is 5.93. The van der Waals surface area contributed by atoms with Gasteiger partial charge >= 0.3 is 0 Å². The number of benzene rings is 1. The van der Waals surface area contributed by atoms with Gasteiger partial charge in [-0.3, -0.25) is 0 Å². The molecular weight excluding hydrogens is 362 g/mol. The molecule has 20 heavy (non-hydrogen) atoms. The molecule has 0 saturated heterocycles. The Balaban J connectivity index is 1.92. The third-order valence-corrected chi connectivity index (χ3v) is 3.88. The topological polar surface area (TPSA) is 56.5 Å². The molecule has 0 unspecified atom stereocenters. The number of rotatable bonds is 3. The maximum absolute atomic E-state index is 5.93. The summed E-state index contributed by atoms with van der Waals surface area (Å²) >= 11 is 10.7. The first-order valence-electron chi connectivity index (χ1n) is 5.56. The number of nitrogens with zero attached hydrogens (tertiary/aromatic N) is 5. The van der Waals surface area contributed by atoms with Crippen molar-refractivity contribution in [2.45, 2.75) is 10.1 Å². The number of halogens is 2. The quantitative estimate of drug-likeness (QED) is 0.706. The average molecular weight is 369 g/mol.